The first kappa shape index (κ1) is 14.1. The lowest BCUT2D eigenvalue weighted by atomic mass is 9.93. The maximum atomic E-state index is 12.3. The molecular formula is C12H16Cl2N2OS. The Hall–Kier alpha value is -0.290. The number of nitrogens with zero attached hydrogens (tertiary/aromatic N) is 1. The summed E-state index contributed by atoms with van der Waals surface area (Å²) in [5.41, 5.74) is 0. The van der Waals surface area contributed by atoms with Crippen molar-refractivity contribution in [1.29, 1.82) is 0 Å². The molecule has 18 heavy (non-hydrogen) atoms. The van der Waals surface area contributed by atoms with Crippen molar-refractivity contribution in [3.05, 3.63) is 21.3 Å². The molecule has 1 aromatic rings. The quantitative estimate of drug-likeness (QED) is 0.865. The highest BCUT2D eigenvalue weighted by molar-refractivity contribution is 7.17. The van der Waals surface area contributed by atoms with Crippen molar-refractivity contribution in [2.75, 3.05) is 19.6 Å². The average Bonchev–Trinajstić information content (AvgIpc) is 2.95. The van der Waals surface area contributed by atoms with Crippen LogP contribution >= 0.6 is 35.3 Å². The number of carbonyl (C=O) groups excluding carboxylic acids is 1. The summed E-state index contributed by atoms with van der Waals surface area (Å²) in [7, 11) is 0. The zero-order chi connectivity index (χ0) is 11.8. The van der Waals surface area contributed by atoms with Gasteiger partial charge in [0.25, 0.3) is 5.91 Å². The van der Waals surface area contributed by atoms with Gasteiger partial charge < -0.3 is 10.2 Å². The first-order valence-corrected chi connectivity index (χ1v) is 7.21. The van der Waals surface area contributed by atoms with E-state index in [1.54, 1.807) is 6.07 Å². The van der Waals surface area contributed by atoms with Crippen LogP contribution in [-0.2, 0) is 0 Å². The minimum Gasteiger partial charge on any atom is -0.338 e. The highest BCUT2D eigenvalue weighted by Gasteiger charge is 2.34. The van der Waals surface area contributed by atoms with Gasteiger partial charge in [0, 0.05) is 19.1 Å². The van der Waals surface area contributed by atoms with Crippen LogP contribution < -0.4 is 5.32 Å². The Labute approximate surface area is 122 Å². The molecule has 0 aliphatic carbocycles. The van der Waals surface area contributed by atoms with E-state index in [1.165, 1.54) is 17.8 Å². The van der Waals surface area contributed by atoms with Gasteiger partial charge in [-0.1, -0.05) is 11.6 Å². The molecular weight excluding hydrogens is 291 g/mol. The van der Waals surface area contributed by atoms with Crippen LogP contribution in [0.5, 0.6) is 0 Å². The van der Waals surface area contributed by atoms with E-state index in [1.807, 2.05) is 11.0 Å². The predicted octanol–water partition coefficient (Wildman–Crippen LogP) is 2.65. The van der Waals surface area contributed by atoms with Gasteiger partial charge in [-0.15, -0.1) is 23.7 Å². The summed E-state index contributed by atoms with van der Waals surface area (Å²) in [6, 6.07) is 4.25. The molecule has 0 spiro atoms. The number of hydrogen-bond acceptors (Lipinski definition) is 3. The van der Waals surface area contributed by atoms with Crippen molar-refractivity contribution in [2.45, 2.75) is 18.9 Å². The van der Waals surface area contributed by atoms with Gasteiger partial charge in [-0.25, -0.2) is 0 Å². The molecule has 1 aromatic heterocycles. The Kier molecular flexibility index (Phi) is 4.54. The molecule has 2 atom stereocenters. The average molecular weight is 307 g/mol. The highest BCUT2D eigenvalue weighted by Crippen LogP contribution is 2.28. The molecule has 0 radical (unpaired) electrons. The normalized spacial score (nSPS) is 26.6. The lowest BCUT2D eigenvalue weighted by Crippen LogP contribution is -2.46. The Morgan fingerprint density at radius 1 is 1.44 bits per heavy atom. The van der Waals surface area contributed by atoms with Crippen LogP contribution in [0.4, 0.5) is 0 Å². The molecule has 1 amide bonds. The summed E-state index contributed by atoms with van der Waals surface area (Å²) in [6.45, 7) is 2.86. The number of rotatable bonds is 1. The van der Waals surface area contributed by atoms with Crippen LogP contribution in [0.1, 0.15) is 22.5 Å². The summed E-state index contributed by atoms with van der Waals surface area (Å²) < 4.78 is 0.686. The van der Waals surface area contributed by atoms with Crippen molar-refractivity contribution >= 4 is 41.3 Å². The number of thiophene rings is 1. The van der Waals surface area contributed by atoms with Crippen molar-refractivity contribution in [1.82, 2.24) is 10.2 Å². The molecule has 3 nitrogen and oxygen atoms in total. The third-order valence-corrected chi connectivity index (χ3v) is 4.95. The summed E-state index contributed by atoms with van der Waals surface area (Å²) in [5.74, 6) is 0.787. The van der Waals surface area contributed by atoms with E-state index in [0.717, 1.165) is 30.9 Å². The molecule has 6 heteroatoms. The van der Waals surface area contributed by atoms with Gasteiger partial charge >= 0.3 is 0 Å². The van der Waals surface area contributed by atoms with Crippen LogP contribution in [0.25, 0.3) is 0 Å². The minimum atomic E-state index is 0. The fourth-order valence-corrected chi connectivity index (χ4v) is 3.83. The van der Waals surface area contributed by atoms with Crippen molar-refractivity contribution in [2.24, 2.45) is 5.92 Å². The molecule has 2 aliphatic heterocycles. The summed E-state index contributed by atoms with van der Waals surface area (Å²) in [5, 5.41) is 3.51. The molecule has 2 unspecified atom stereocenters. The standard InChI is InChI=1S/C12H15ClN2OS.ClH/c13-11-2-1-10(17-11)12(16)15-6-4-9-8(7-15)3-5-14-9;/h1-2,8-9,14H,3-7H2;1H. The predicted molar refractivity (Wildman–Crippen MR) is 77.0 cm³/mol. The summed E-state index contributed by atoms with van der Waals surface area (Å²) >= 11 is 7.24. The van der Waals surface area contributed by atoms with Gasteiger partial charge in [0.1, 0.15) is 0 Å². The number of amides is 1. The second-order valence-electron chi connectivity index (χ2n) is 4.75. The van der Waals surface area contributed by atoms with E-state index in [2.05, 4.69) is 5.32 Å². The maximum Gasteiger partial charge on any atom is 0.263 e. The zero-order valence-corrected chi connectivity index (χ0v) is 12.3. The van der Waals surface area contributed by atoms with E-state index in [9.17, 15) is 4.79 Å². The third-order valence-electron chi connectivity index (χ3n) is 3.73. The van der Waals surface area contributed by atoms with Gasteiger partial charge in [0.05, 0.1) is 9.21 Å². The first-order valence-electron chi connectivity index (χ1n) is 6.02. The van der Waals surface area contributed by atoms with E-state index < -0.39 is 0 Å². The molecule has 2 saturated heterocycles. The lowest BCUT2D eigenvalue weighted by Gasteiger charge is -2.34. The third kappa shape index (κ3) is 2.67. The number of halogens is 2. The SMILES string of the molecule is Cl.O=C(c1ccc(Cl)s1)N1CCC2NCCC2C1. The second kappa shape index (κ2) is 5.78. The van der Waals surface area contributed by atoms with Crippen LogP contribution in [0.2, 0.25) is 4.34 Å². The smallest absolute Gasteiger partial charge is 0.263 e. The van der Waals surface area contributed by atoms with E-state index in [-0.39, 0.29) is 18.3 Å². The largest absolute Gasteiger partial charge is 0.338 e. The Bertz CT molecular complexity index is 437. The summed E-state index contributed by atoms with van der Waals surface area (Å²) in [4.78, 5) is 15.0. The number of likely N-dealkylation sites (tertiary alicyclic amines) is 1. The van der Waals surface area contributed by atoms with Crippen molar-refractivity contribution < 1.29 is 4.79 Å². The monoisotopic (exact) mass is 306 g/mol. The van der Waals surface area contributed by atoms with E-state index in [4.69, 9.17) is 11.6 Å². The van der Waals surface area contributed by atoms with Crippen LogP contribution in [-0.4, -0.2) is 36.5 Å². The van der Waals surface area contributed by atoms with Crippen molar-refractivity contribution in [3.63, 3.8) is 0 Å². The van der Waals surface area contributed by atoms with Gasteiger partial charge in [-0.3, -0.25) is 4.79 Å². The first-order chi connectivity index (χ1) is 8.24. The number of piperidine rings is 1. The summed E-state index contributed by atoms with van der Waals surface area (Å²) in [6.07, 6.45) is 2.27. The number of carbonyl (C=O) groups is 1. The van der Waals surface area contributed by atoms with E-state index >= 15 is 0 Å². The Morgan fingerprint density at radius 3 is 3.00 bits per heavy atom. The fourth-order valence-electron chi connectivity index (χ4n) is 2.82. The topological polar surface area (TPSA) is 32.3 Å². The van der Waals surface area contributed by atoms with Gasteiger partial charge in [0.2, 0.25) is 0 Å². The molecule has 1 N–H and O–H groups in total. The van der Waals surface area contributed by atoms with E-state index in [0.29, 0.717) is 16.3 Å². The molecule has 0 aromatic carbocycles. The molecule has 2 fully saturated rings. The van der Waals surface area contributed by atoms with Crippen LogP contribution in [0, 0.1) is 5.92 Å². The molecule has 0 saturated carbocycles. The molecule has 3 heterocycles. The van der Waals surface area contributed by atoms with Gasteiger partial charge in [-0.2, -0.15) is 0 Å². The Balaban J connectivity index is 0.00000120. The lowest BCUT2D eigenvalue weighted by molar-refractivity contribution is 0.0667. The van der Waals surface area contributed by atoms with Crippen LogP contribution in [0.15, 0.2) is 12.1 Å². The number of hydrogen-bond donors (Lipinski definition) is 1. The van der Waals surface area contributed by atoms with Gasteiger partial charge in [-0.05, 0) is 37.4 Å². The second-order valence-corrected chi connectivity index (χ2v) is 6.47. The zero-order valence-electron chi connectivity index (χ0n) is 9.89. The van der Waals surface area contributed by atoms with Crippen LogP contribution in [0.3, 0.4) is 0 Å². The number of nitrogens with one attached hydrogen (secondary N) is 1. The molecule has 2 aliphatic rings. The van der Waals surface area contributed by atoms with Gasteiger partial charge in [0.15, 0.2) is 0 Å². The molecule has 0 bridgehead atoms. The maximum absolute atomic E-state index is 12.3. The molecule has 3 rings (SSSR count). The highest BCUT2D eigenvalue weighted by atomic mass is 35.5. The fraction of sp³-hybridized carbons (Fsp3) is 0.583. The molecule has 100 valence electrons. The Morgan fingerprint density at radius 2 is 2.28 bits per heavy atom. The minimum absolute atomic E-state index is 0. The van der Waals surface area contributed by atoms with Crippen molar-refractivity contribution in [3.8, 4) is 0 Å². The number of fused-ring (bicyclic) bond motifs is 1.